The molecule has 0 aliphatic carbocycles. The maximum atomic E-state index is 4.48. The van der Waals surface area contributed by atoms with Crippen LogP contribution in [0.5, 0.6) is 0 Å². The molecule has 1 unspecified atom stereocenters. The molecule has 2 heterocycles. The van der Waals surface area contributed by atoms with Crippen molar-refractivity contribution in [3.63, 3.8) is 0 Å². The fourth-order valence-electron chi connectivity index (χ4n) is 1.68. The lowest BCUT2D eigenvalue weighted by atomic mass is 10.1. The van der Waals surface area contributed by atoms with Gasteiger partial charge in [-0.2, -0.15) is 0 Å². The molecular weight excluding hydrogens is 194 g/mol. The minimum absolute atomic E-state index is 0.564. The van der Waals surface area contributed by atoms with Gasteiger partial charge in [0.05, 0.1) is 5.69 Å². The molecule has 1 aromatic rings. The quantitative estimate of drug-likeness (QED) is 0.785. The van der Waals surface area contributed by atoms with E-state index in [0.29, 0.717) is 6.04 Å². The molecule has 14 heavy (non-hydrogen) atoms. The number of piperidine rings is 1. The summed E-state index contributed by atoms with van der Waals surface area (Å²) < 4.78 is 0. The predicted octanol–water partition coefficient (Wildman–Crippen LogP) is 1.92. The fourth-order valence-corrected chi connectivity index (χ4v) is 2.58. The molecular formula is C10H17N3S. The third kappa shape index (κ3) is 2.25. The summed E-state index contributed by atoms with van der Waals surface area (Å²) in [7, 11) is 0. The van der Waals surface area contributed by atoms with Crippen molar-refractivity contribution in [2.75, 3.05) is 18.4 Å². The molecule has 78 valence electrons. The van der Waals surface area contributed by atoms with Crippen LogP contribution in [0, 0.1) is 13.8 Å². The van der Waals surface area contributed by atoms with Gasteiger partial charge >= 0.3 is 0 Å². The first kappa shape index (κ1) is 9.93. The average molecular weight is 211 g/mol. The van der Waals surface area contributed by atoms with Crippen molar-refractivity contribution in [2.24, 2.45) is 0 Å². The lowest BCUT2D eigenvalue weighted by molar-refractivity contribution is 0.479. The molecule has 1 aliphatic rings. The summed E-state index contributed by atoms with van der Waals surface area (Å²) in [4.78, 5) is 5.80. The highest BCUT2D eigenvalue weighted by Crippen LogP contribution is 2.22. The zero-order chi connectivity index (χ0) is 9.97. The Bertz CT molecular complexity index is 283. The number of aromatic nitrogens is 1. The van der Waals surface area contributed by atoms with Crippen molar-refractivity contribution in [1.82, 2.24) is 10.3 Å². The molecule has 2 rings (SSSR count). The first-order valence-corrected chi connectivity index (χ1v) is 5.98. The Balaban J connectivity index is 1.95. The SMILES string of the molecule is Cc1nc(NC2CCCNC2)sc1C. The third-order valence-corrected chi connectivity index (χ3v) is 3.66. The van der Waals surface area contributed by atoms with E-state index < -0.39 is 0 Å². The smallest absolute Gasteiger partial charge is 0.183 e. The molecule has 1 atom stereocenters. The second-order valence-corrected chi connectivity index (χ2v) is 5.05. The Labute approximate surface area is 88.9 Å². The van der Waals surface area contributed by atoms with E-state index in [1.54, 1.807) is 11.3 Å². The van der Waals surface area contributed by atoms with Crippen molar-refractivity contribution in [3.05, 3.63) is 10.6 Å². The summed E-state index contributed by atoms with van der Waals surface area (Å²) in [6.45, 7) is 6.42. The maximum Gasteiger partial charge on any atom is 0.183 e. The van der Waals surface area contributed by atoms with E-state index >= 15 is 0 Å². The van der Waals surface area contributed by atoms with Crippen LogP contribution in [0.15, 0.2) is 0 Å². The van der Waals surface area contributed by atoms with E-state index in [1.165, 1.54) is 17.7 Å². The molecule has 0 saturated carbocycles. The molecule has 1 aromatic heterocycles. The van der Waals surface area contributed by atoms with Gasteiger partial charge in [0.15, 0.2) is 5.13 Å². The Morgan fingerprint density at radius 1 is 1.50 bits per heavy atom. The van der Waals surface area contributed by atoms with Crippen molar-refractivity contribution < 1.29 is 0 Å². The first-order valence-electron chi connectivity index (χ1n) is 5.17. The number of rotatable bonds is 2. The molecule has 4 heteroatoms. The second kappa shape index (κ2) is 4.28. The normalized spacial score (nSPS) is 22.3. The Hall–Kier alpha value is -0.610. The van der Waals surface area contributed by atoms with Gasteiger partial charge in [-0.25, -0.2) is 4.98 Å². The van der Waals surface area contributed by atoms with Gasteiger partial charge in [0.25, 0.3) is 0 Å². The number of nitrogens with zero attached hydrogens (tertiary/aromatic N) is 1. The van der Waals surface area contributed by atoms with Crippen LogP contribution >= 0.6 is 11.3 Å². The molecule has 0 aromatic carbocycles. The number of hydrogen-bond donors (Lipinski definition) is 2. The largest absolute Gasteiger partial charge is 0.357 e. The van der Waals surface area contributed by atoms with Gasteiger partial charge in [-0.1, -0.05) is 0 Å². The van der Waals surface area contributed by atoms with E-state index in [9.17, 15) is 0 Å². The summed E-state index contributed by atoms with van der Waals surface area (Å²) in [5, 5.41) is 7.96. The van der Waals surface area contributed by atoms with Crippen LogP contribution in [0.4, 0.5) is 5.13 Å². The van der Waals surface area contributed by atoms with E-state index in [2.05, 4.69) is 29.5 Å². The molecule has 1 aliphatic heterocycles. The van der Waals surface area contributed by atoms with Crippen LogP contribution in [-0.2, 0) is 0 Å². The summed E-state index contributed by atoms with van der Waals surface area (Å²) in [6.07, 6.45) is 2.52. The monoisotopic (exact) mass is 211 g/mol. The summed E-state index contributed by atoms with van der Waals surface area (Å²) in [6, 6.07) is 0.564. The minimum atomic E-state index is 0.564. The average Bonchev–Trinajstić information content (AvgIpc) is 2.47. The van der Waals surface area contributed by atoms with Crippen molar-refractivity contribution in [2.45, 2.75) is 32.7 Å². The van der Waals surface area contributed by atoms with Crippen LogP contribution in [0.1, 0.15) is 23.4 Å². The number of hydrogen-bond acceptors (Lipinski definition) is 4. The predicted molar refractivity (Wildman–Crippen MR) is 61.1 cm³/mol. The van der Waals surface area contributed by atoms with Crippen LogP contribution < -0.4 is 10.6 Å². The van der Waals surface area contributed by atoms with Crippen molar-refractivity contribution >= 4 is 16.5 Å². The Morgan fingerprint density at radius 3 is 2.93 bits per heavy atom. The molecule has 0 amide bonds. The minimum Gasteiger partial charge on any atom is -0.357 e. The fraction of sp³-hybridized carbons (Fsp3) is 0.700. The number of aryl methyl sites for hydroxylation is 2. The second-order valence-electron chi connectivity index (χ2n) is 3.85. The molecule has 2 N–H and O–H groups in total. The highest BCUT2D eigenvalue weighted by atomic mass is 32.1. The lowest BCUT2D eigenvalue weighted by Gasteiger charge is -2.23. The van der Waals surface area contributed by atoms with E-state index in [0.717, 1.165) is 23.9 Å². The van der Waals surface area contributed by atoms with Gasteiger partial charge in [-0.3, -0.25) is 0 Å². The number of thiazole rings is 1. The van der Waals surface area contributed by atoms with Crippen LogP contribution in [0.3, 0.4) is 0 Å². The Kier molecular flexibility index (Phi) is 3.03. The maximum absolute atomic E-state index is 4.48. The number of anilines is 1. The van der Waals surface area contributed by atoms with Crippen LogP contribution in [0.25, 0.3) is 0 Å². The van der Waals surface area contributed by atoms with Crippen molar-refractivity contribution in [3.8, 4) is 0 Å². The molecule has 0 radical (unpaired) electrons. The molecule has 3 nitrogen and oxygen atoms in total. The zero-order valence-corrected chi connectivity index (χ0v) is 9.58. The van der Waals surface area contributed by atoms with Gasteiger partial charge in [-0.05, 0) is 33.2 Å². The molecule has 1 saturated heterocycles. The van der Waals surface area contributed by atoms with Gasteiger partial charge < -0.3 is 10.6 Å². The third-order valence-electron chi connectivity index (χ3n) is 2.65. The van der Waals surface area contributed by atoms with Gasteiger partial charge in [0.1, 0.15) is 0 Å². The number of nitrogens with one attached hydrogen (secondary N) is 2. The van der Waals surface area contributed by atoms with Crippen molar-refractivity contribution in [1.29, 1.82) is 0 Å². The van der Waals surface area contributed by atoms with E-state index in [-0.39, 0.29) is 0 Å². The highest BCUT2D eigenvalue weighted by molar-refractivity contribution is 7.15. The Morgan fingerprint density at radius 2 is 2.36 bits per heavy atom. The van der Waals surface area contributed by atoms with E-state index in [4.69, 9.17) is 0 Å². The van der Waals surface area contributed by atoms with E-state index in [1.807, 2.05) is 0 Å². The van der Waals surface area contributed by atoms with Gasteiger partial charge in [-0.15, -0.1) is 11.3 Å². The first-order chi connectivity index (χ1) is 6.75. The topological polar surface area (TPSA) is 37.0 Å². The lowest BCUT2D eigenvalue weighted by Crippen LogP contribution is -2.38. The standard InChI is InChI=1S/C10H17N3S/c1-7-8(2)14-10(12-7)13-9-4-3-5-11-6-9/h9,11H,3-6H2,1-2H3,(H,12,13). The zero-order valence-electron chi connectivity index (χ0n) is 8.76. The van der Waals surface area contributed by atoms with Crippen LogP contribution in [0.2, 0.25) is 0 Å². The molecule has 0 bridgehead atoms. The summed E-state index contributed by atoms with van der Waals surface area (Å²) >= 11 is 1.76. The molecule has 1 fully saturated rings. The van der Waals surface area contributed by atoms with Gasteiger partial charge in [0.2, 0.25) is 0 Å². The van der Waals surface area contributed by atoms with Crippen LogP contribution in [-0.4, -0.2) is 24.1 Å². The summed E-state index contributed by atoms with van der Waals surface area (Å²) in [5.74, 6) is 0. The highest BCUT2D eigenvalue weighted by Gasteiger charge is 2.14. The van der Waals surface area contributed by atoms with Gasteiger partial charge in [0, 0.05) is 17.5 Å². The summed E-state index contributed by atoms with van der Waals surface area (Å²) in [5.41, 5.74) is 1.15. The molecule has 0 spiro atoms.